The van der Waals surface area contributed by atoms with E-state index in [2.05, 4.69) is 4.99 Å². The van der Waals surface area contributed by atoms with E-state index >= 15 is 0 Å². The van der Waals surface area contributed by atoms with Gasteiger partial charge in [-0.05, 0) is 25.7 Å². The van der Waals surface area contributed by atoms with Crippen molar-refractivity contribution in [3.05, 3.63) is 22.2 Å². The van der Waals surface area contributed by atoms with Crippen LogP contribution in [0.2, 0.25) is 5.02 Å². The first-order chi connectivity index (χ1) is 9.63. The second-order valence-corrected chi connectivity index (χ2v) is 5.30. The maximum atomic E-state index is 10.8. The van der Waals surface area contributed by atoms with Crippen molar-refractivity contribution in [1.29, 1.82) is 0 Å². The summed E-state index contributed by atoms with van der Waals surface area (Å²) in [5, 5.41) is 0.568. The van der Waals surface area contributed by atoms with Gasteiger partial charge in [0.15, 0.2) is 11.5 Å². The average molecular weight is 296 g/mol. The van der Waals surface area contributed by atoms with Gasteiger partial charge in [0.05, 0.1) is 19.2 Å². The fourth-order valence-corrected chi connectivity index (χ4v) is 3.28. The molecule has 0 amide bonds. The molecular weight excluding hydrogens is 278 g/mol. The molecule has 5 heteroatoms. The molecule has 1 fully saturated rings. The van der Waals surface area contributed by atoms with E-state index in [4.69, 9.17) is 21.1 Å². The van der Waals surface area contributed by atoms with E-state index in [1.54, 1.807) is 26.4 Å². The summed E-state index contributed by atoms with van der Waals surface area (Å²) >= 11 is 6.43. The zero-order valence-electron chi connectivity index (χ0n) is 12.0. The second kappa shape index (κ2) is 5.86. The normalized spacial score (nSPS) is 16.0. The Morgan fingerprint density at radius 3 is 2.50 bits per heavy atom. The first-order valence-electron chi connectivity index (χ1n) is 6.66. The van der Waals surface area contributed by atoms with Gasteiger partial charge in [0.25, 0.3) is 0 Å². The van der Waals surface area contributed by atoms with E-state index in [9.17, 15) is 4.79 Å². The Morgan fingerprint density at radius 2 is 2.10 bits per heavy atom. The minimum absolute atomic E-state index is 0.538. The van der Waals surface area contributed by atoms with Gasteiger partial charge in [-0.1, -0.05) is 18.5 Å². The monoisotopic (exact) mass is 295 g/mol. The maximum absolute atomic E-state index is 10.8. The molecule has 1 aliphatic carbocycles. The predicted molar refractivity (Wildman–Crippen MR) is 77.6 cm³/mol. The molecule has 0 N–H and O–H groups in total. The Hall–Kier alpha value is -1.51. The molecule has 1 aromatic carbocycles. The summed E-state index contributed by atoms with van der Waals surface area (Å²) < 4.78 is 10.8. The number of ether oxygens (including phenoxy) is 2. The topological polar surface area (TPSA) is 47.9 Å². The molecule has 0 saturated heterocycles. The number of rotatable bonds is 5. The number of benzene rings is 1. The highest BCUT2D eigenvalue weighted by molar-refractivity contribution is 6.31. The number of carbonyl (C=O) groups excluding carboxylic acids is 1. The predicted octanol–water partition coefficient (Wildman–Crippen LogP) is 3.63. The van der Waals surface area contributed by atoms with Crippen LogP contribution in [0.3, 0.4) is 0 Å². The maximum Gasteiger partial charge on any atom is 0.235 e. The highest BCUT2D eigenvalue weighted by Gasteiger charge is 2.43. The Balaban J connectivity index is 2.72. The third-order valence-electron chi connectivity index (χ3n) is 3.98. The van der Waals surface area contributed by atoms with Gasteiger partial charge < -0.3 is 9.47 Å². The van der Waals surface area contributed by atoms with Gasteiger partial charge in [0.2, 0.25) is 6.08 Å². The fraction of sp³-hybridized carbons (Fsp3) is 0.533. The lowest BCUT2D eigenvalue weighted by molar-refractivity contribution is 0.252. The van der Waals surface area contributed by atoms with Crippen molar-refractivity contribution in [2.75, 3.05) is 14.2 Å². The van der Waals surface area contributed by atoms with Gasteiger partial charge >= 0.3 is 0 Å². The van der Waals surface area contributed by atoms with E-state index < -0.39 is 5.54 Å². The van der Waals surface area contributed by atoms with Crippen molar-refractivity contribution in [1.82, 2.24) is 0 Å². The molecule has 0 radical (unpaired) electrons. The number of hydrogen-bond donors (Lipinski definition) is 0. The molecule has 0 atom stereocenters. The van der Waals surface area contributed by atoms with Crippen molar-refractivity contribution in [3.8, 4) is 11.5 Å². The van der Waals surface area contributed by atoms with Crippen LogP contribution in [0.25, 0.3) is 0 Å². The first kappa shape index (κ1) is 14.9. The van der Waals surface area contributed by atoms with E-state index in [-0.39, 0.29) is 0 Å². The van der Waals surface area contributed by atoms with Crippen LogP contribution < -0.4 is 9.47 Å². The molecule has 0 spiro atoms. The molecule has 4 nitrogen and oxygen atoms in total. The lowest BCUT2D eigenvalue weighted by Crippen LogP contribution is -2.33. The van der Waals surface area contributed by atoms with Gasteiger partial charge in [-0.3, -0.25) is 0 Å². The van der Waals surface area contributed by atoms with Crippen LogP contribution in [0, 0.1) is 0 Å². The fourth-order valence-electron chi connectivity index (χ4n) is 2.89. The molecule has 0 unspecified atom stereocenters. The van der Waals surface area contributed by atoms with Gasteiger partial charge in [-0.2, -0.15) is 4.99 Å². The third-order valence-corrected chi connectivity index (χ3v) is 4.28. The average Bonchev–Trinajstić information content (AvgIpc) is 2.42. The van der Waals surface area contributed by atoms with Gasteiger partial charge in [0.1, 0.15) is 5.54 Å². The van der Waals surface area contributed by atoms with Crippen molar-refractivity contribution >= 4 is 17.7 Å². The minimum atomic E-state index is -0.538. The number of aliphatic imine (C=N–C) groups is 1. The van der Waals surface area contributed by atoms with Crippen molar-refractivity contribution < 1.29 is 14.3 Å². The van der Waals surface area contributed by atoms with Crippen LogP contribution in [0.1, 0.15) is 37.3 Å². The summed E-state index contributed by atoms with van der Waals surface area (Å²) in [7, 11) is 3.18. The van der Waals surface area contributed by atoms with Crippen LogP contribution in [0.4, 0.5) is 0 Å². The highest BCUT2D eigenvalue weighted by atomic mass is 35.5. The molecule has 1 aliphatic rings. The van der Waals surface area contributed by atoms with Crippen molar-refractivity contribution in [2.45, 2.75) is 38.1 Å². The summed E-state index contributed by atoms with van der Waals surface area (Å²) in [6, 6.07) is 1.73. The second-order valence-electron chi connectivity index (χ2n) is 4.89. The number of hydrogen-bond acceptors (Lipinski definition) is 4. The van der Waals surface area contributed by atoms with E-state index in [1.165, 1.54) is 0 Å². The molecule has 0 aliphatic heterocycles. The summed E-state index contributed by atoms with van der Waals surface area (Å²) in [5.74, 6) is 1.27. The Kier molecular flexibility index (Phi) is 4.36. The Morgan fingerprint density at radius 1 is 1.40 bits per heavy atom. The highest BCUT2D eigenvalue weighted by Crippen LogP contribution is 2.52. The van der Waals surface area contributed by atoms with Crippen LogP contribution >= 0.6 is 11.6 Å². The first-order valence-corrected chi connectivity index (χ1v) is 7.04. The van der Waals surface area contributed by atoms with E-state index in [0.29, 0.717) is 16.5 Å². The van der Waals surface area contributed by atoms with Crippen molar-refractivity contribution in [2.24, 2.45) is 4.99 Å². The number of halogens is 1. The lowest BCUT2D eigenvalue weighted by atomic mass is 9.70. The summed E-state index contributed by atoms with van der Waals surface area (Å²) in [5.41, 5.74) is 1.30. The standard InChI is InChI=1S/C15H18ClNO3/c1-4-10-13(15(17-9-18)6-5-7-15)11(16)8-12(19-2)14(10)20-3/h8H,4-7H2,1-3H3. The Bertz CT molecular complexity index is 561. The molecule has 108 valence electrons. The zero-order chi connectivity index (χ0) is 14.8. The van der Waals surface area contributed by atoms with Crippen molar-refractivity contribution in [3.63, 3.8) is 0 Å². The SMILES string of the molecule is CCc1c(OC)c(OC)cc(Cl)c1C1(N=C=O)CCC1. The molecule has 0 heterocycles. The third kappa shape index (κ3) is 2.19. The smallest absolute Gasteiger partial charge is 0.235 e. The van der Waals surface area contributed by atoms with Crippen LogP contribution in [0.15, 0.2) is 11.1 Å². The molecular formula is C15H18ClNO3. The number of methoxy groups -OCH3 is 2. The molecule has 1 aromatic rings. The number of isocyanates is 1. The van der Waals surface area contributed by atoms with Crippen LogP contribution in [-0.4, -0.2) is 20.3 Å². The largest absolute Gasteiger partial charge is 0.493 e. The van der Waals surface area contributed by atoms with Crippen LogP contribution in [0.5, 0.6) is 11.5 Å². The molecule has 20 heavy (non-hydrogen) atoms. The summed E-state index contributed by atoms with van der Waals surface area (Å²) in [6.07, 6.45) is 5.07. The van der Waals surface area contributed by atoms with Gasteiger partial charge in [-0.25, -0.2) is 4.79 Å². The van der Waals surface area contributed by atoms with Crippen LogP contribution in [-0.2, 0) is 16.8 Å². The lowest BCUT2D eigenvalue weighted by Gasteiger charge is -2.39. The molecule has 2 rings (SSSR count). The molecule has 1 saturated carbocycles. The quantitative estimate of drug-likeness (QED) is 0.615. The van der Waals surface area contributed by atoms with Gasteiger partial charge in [-0.15, -0.1) is 0 Å². The van der Waals surface area contributed by atoms with E-state index in [0.717, 1.165) is 36.8 Å². The molecule has 0 aromatic heterocycles. The van der Waals surface area contributed by atoms with Gasteiger partial charge in [0, 0.05) is 17.2 Å². The van der Waals surface area contributed by atoms with E-state index in [1.807, 2.05) is 6.92 Å². The summed E-state index contributed by atoms with van der Waals surface area (Å²) in [6.45, 7) is 2.02. The minimum Gasteiger partial charge on any atom is -0.493 e. The zero-order valence-corrected chi connectivity index (χ0v) is 12.7. The number of nitrogens with zero attached hydrogens (tertiary/aromatic N) is 1. The summed E-state index contributed by atoms with van der Waals surface area (Å²) in [4.78, 5) is 14.8. The Labute approximate surface area is 123 Å². The molecule has 0 bridgehead atoms.